The van der Waals surface area contributed by atoms with Gasteiger partial charge in [-0.2, -0.15) is 0 Å². The molecule has 0 saturated carbocycles. The number of hydrogen-bond donors (Lipinski definition) is 2. The van der Waals surface area contributed by atoms with Gasteiger partial charge in [-0.3, -0.25) is 4.79 Å². The molecule has 0 saturated heterocycles. The monoisotopic (exact) mass is 259 g/mol. The molecule has 1 aromatic carbocycles. The molecule has 3 N–H and O–H groups in total. The SMILES string of the molecule is CNc1cc(-c2cc(N)ccc2OC)cn(C)c1=O. The number of aromatic nitrogens is 1. The number of nitrogen functional groups attached to an aromatic ring is 1. The van der Waals surface area contributed by atoms with E-state index >= 15 is 0 Å². The van der Waals surface area contributed by atoms with Crippen LogP contribution < -0.4 is 21.3 Å². The van der Waals surface area contributed by atoms with Crippen LogP contribution in [0.15, 0.2) is 35.3 Å². The average molecular weight is 259 g/mol. The zero-order chi connectivity index (χ0) is 14.0. The average Bonchev–Trinajstić information content (AvgIpc) is 2.41. The molecule has 1 aromatic heterocycles. The van der Waals surface area contributed by atoms with Gasteiger partial charge in [0.05, 0.1) is 7.11 Å². The second kappa shape index (κ2) is 5.06. The summed E-state index contributed by atoms with van der Waals surface area (Å²) in [6.07, 6.45) is 1.76. The number of anilines is 2. The van der Waals surface area contributed by atoms with Gasteiger partial charge in [0.1, 0.15) is 11.4 Å². The molecule has 0 fully saturated rings. The van der Waals surface area contributed by atoms with Gasteiger partial charge >= 0.3 is 0 Å². The van der Waals surface area contributed by atoms with E-state index in [-0.39, 0.29) is 5.56 Å². The van der Waals surface area contributed by atoms with Crippen LogP contribution in [0.1, 0.15) is 0 Å². The molecular formula is C14H17N3O2. The number of pyridine rings is 1. The van der Waals surface area contributed by atoms with E-state index in [0.717, 1.165) is 16.9 Å². The first-order valence-electron chi connectivity index (χ1n) is 5.89. The molecular weight excluding hydrogens is 242 g/mol. The third-order valence-corrected chi connectivity index (χ3v) is 2.99. The topological polar surface area (TPSA) is 69.3 Å². The van der Waals surface area contributed by atoms with Crippen molar-refractivity contribution in [1.29, 1.82) is 0 Å². The fourth-order valence-corrected chi connectivity index (χ4v) is 1.99. The summed E-state index contributed by atoms with van der Waals surface area (Å²) in [6.45, 7) is 0. The first kappa shape index (κ1) is 13.0. The third-order valence-electron chi connectivity index (χ3n) is 2.99. The molecule has 5 nitrogen and oxygen atoms in total. The van der Waals surface area contributed by atoms with Gasteiger partial charge in [0.25, 0.3) is 5.56 Å². The smallest absolute Gasteiger partial charge is 0.273 e. The minimum atomic E-state index is -0.0749. The maximum atomic E-state index is 11.8. The van der Waals surface area contributed by atoms with Crippen LogP contribution in [-0.2, 0) is 7.05 Å². The van der Waals surface area contributed by atoms with Crippen molar-refractivity contribution in [3.05, 3.63) is 40.8 Å². The predicted octanol–water partition coefficient (Wildman–Crippen LogP) is 1.68. The van der Waals surface area contributed by atoms with Gasteiger partial charge in [-0.25, -0.2) is 0 Å². The van der Waals surface area contributed by atoms with Crippen LogP contribution in [-0.4, -0.2) is 18.7 Å². The number of benzene rings is 1. The van der Waals surface area contributed by atoms with E-state index < -0.39 is 0 Å². The number of hydrogen-bond acceptors (Lipinski definition) is 4. The highest BCUT2D eigenvalue weighted by Gasteiger charge is 2.10. The van der Waals surface area contributed by atoms with Gasteiger partial charge in [0.2, 0.25) is 0 Å². The molecule has 0 bridgehead atoms. The minimum absolute atomic E-state index is 0.0749. The minimum Gasteiger partial charge on any atom is -0.496 e. The van der Waals surface area contributed by atoms with E-state index in [1.165, 1.54) is 4.57 Å². The van der Waals surface area contributed by atoms with Crippen LogP contribution >= 0.6 is 0 Å². The lowest BCUT2D eigenvalue weighted by molar-refractivity contribution is 0.416. The Morgan fingerprint density at radius 1 is 1.32 bits per heavy atom. The Labute approximate surface area is 111 Å². The van der Waals surface area contributed by atoms with Crippen molar-refractivity contribution in [2.45, 2.75) is 0 Å². The van der Waals surface area contributed by atoms with Crippen molar-refractivity contribution in [3.8, 4) is 16.9 Å². The second-order valence-electron chi connectivity index (χ2n) is 4.27. The molecule has 0 unspecified atom stereocenters. The highest BCUT2D eigenvalue weighted by Crippen LogP contribution is 2.32. The van der Waals surface area contributed by atoms with E-state index in [1.54, 1.807) is 39.5 Å². The molecule has 5 heteroatoms. The number of rotatable bonds is 3. The van der Waals surface area contributed by atoms with E-state index in [0.29, 0.717) is 11.4 Å². The number of nitrogens with zero attached hydrogens (tertiary/aromatic N) is 1. The van der Waals surface area contributed by atoms with E-state index in [2.05, 4.69) is 5.32 Å². The molecule has 0 aliphatic carbocycles. The summed E-state index contributed by atoms with van der Waals surface area (Å²) in [4.78, 5) is 11.8. The molecule has 0 amide bonds. The highest BCUT2D eigenvalue weighted by atomic mass is 16.5. The van der Waals surface area contributed by atoms with Gasteiger partial charge in [0, 0.05) is 37.1 Å². The Hall–Kier alpha value is -2.43. The lowest BCUT2D eigenvalue weighted by Crippen LogP contribution is -2.19. The first-order chi connectivity index (χ1) is 9.06. The van der Waals surface area contributed by atoms with Gasteiger partial charge in [0.15, 0.2) is 0 Å². The zero-order valence-electron chi connectivity index (χ0n) is 11.2. The van der Waals surface area contributed by atoms with Gasteiger partial charge in [-0.15, -0.1) is 0 Å². The lowest BCUT2D eigenvalue weighted by Gasteiger charge is -2.12. The molecule has 19 heavy (non-hydrogen) atoms. The summed E-state index contributed by atoms with van der Waals surface area (Å²) in [5.41, 5.74) is 8.65. The van der Waals surface area contributed by atoms with Crippen molar-refractivity contribution in [1.82, 2.24) is 4.57 Å². The Morgan fingerprint density at radius 2 is 2.05 bits per heavy atom. The molecule has 2 rings (SSSR count). The van der Waals surface area contributed by atoms with Crippen LogP contribution in [0, 0.1) is 0 Å². The normalized spacial score (nSPS) is 10.3. The summed E-state index contributed by atoms with van der Waals surface area (Å²) < 4.78 is 6.87. The van der Waals surface area contributed by atoms with Crippen LogP contribution in [0.25, 0.3) is 11.1 Å². The summed E-state index contributed by atoms with van der Waals surface area (Å²) >= 11 is 0. The largest absolute Gasteiger partial charge is 0.496 e. The third kappa shape index (κ3) is 2.40. The molecule has 100 valence electrons. The molecule has 2 aromatic rings. The zero-order valence-corrected chi connectivity index (χ0v) is 11.2. The number of aryl methyl sites for hydroxylation is 1. The Morgan fingerprint density at radius 3 is 2.68 bits per heavy atom. The molecule has 0 aliphatic rings. The van der Waals surface area contributed by atoms with Crippen molar-refractivity contribution < 1.29 is 4.74 Å². The predicted molar refractivity (Wildman–Crippen MR) is 77.6 cm³/mol. The quantitative estimate of drug-likeness (QED) is 0.823. The van der Waals surface area contributed by atoms with Gasteiger partial charge < -0.3 is 20.4 Å². The summed E-state index contributed by atoms with van der Waals surface area (Å²) in [7, 11) is 5.04. The van der Waals surface area contributed by atoms with Crippen molar-refractivity contribution >= 4 is 11.4 Å². The molecule has 0 atom stereocenters. The van der Waals surface area contributed by atoms with Crippen LogP contribution in [0.3, 0.4) is 0 Å². The molecule has 0 aliphatic heterocycles. The Bertz CT molecular complexity index is 662. The number of nitrogens with one attached hydrogen (secondary N) is 1. The molecule has 0 radical (unpaired) electrons. The van der Waals surface area contributed by atoms with Crippen molar-refractivity contribution in [2.75, 3.05) is 25.2 Å². The van der Waals surface area contributed by atoms with Crippen LogP contribution in [0.5, 0.6) is 5.75 Å². The number of ether oxygens (including phenoxy) is 1. The lowest BCUT2D eigenvalue weighted by atomic mass is 10.1. The fourth-order valence-electron chi connectivity index (χ4n) is 1.99. The Balaban J connectivity index is 2.68. The maximum Gasteiger partial charge on any atom is 0.273 e. The summed E-state index contributed by atoms with van der Waals surface area (Å²) in [6, 6.07) is 7.22. The first-order valence-corrected chi connectivity index (χ1v) is 5.89. The Kier molecular flexibility index (Phi) is 3.46. The number of nitrogens with two attached hydrogens (primary N) is 1. The van der Waals surface area contributed by atoms with E-state index in [4.69, 9.17) is 10.5 Å². The summed E-state index contributed by atoms with van der Waals surface area (Å²) in [5.74, 6) is 0.718. The van der Waals surface area contributed by atoms with Crippen molar-refractivity contribution in [2.24, 2.45) is 7.05 Å². The van der Waals surface area contributed by atoms with Crippen molar-refractivity contribution in [3.63, 3.8) is 0 Å². The highest BCUT2D eigenvalue weighted by molar-refractivity contribution is 5.75. The standard InChI is InChI=1S/C14H17N3O2/c1-16-12-6-9(8-17(2)14(12)18)11-7-10(15)4-5-13(11)19-3/h4-8,16H,15H2,1-3H3. The second-order valence-corrected chi connectivity index (χ2v) is 4.27. The summed E-state index contributed by atoms with van der Waals surface area (Å²) in [5, 5.41) is 2.89. The van der Waals surface area contributed by atoms with Gasteiger partial charge in [-0.05, 0) is 24.3 Å². The van der Waals surface area contributed by atoms with E-state index in [1.807, 2.05) is 12.1 Å². The van der Waals surface area contributed by atoms with Crippen LogP contribution in [0.2, 0.25) is 0 Å². The fraction of sp³-hybridized carbons (Fsp3) is 0.214. The number of methoxy groups -OCH3 is 1. The van der Waals surface area contributed by atoms with E-state index in [9.17, 15) is 4.79 Å². The maximum absolute atomic E-state index is 11.8. The molecule has 1 heterocycles. The van der Waals surface area contributed by atoms with Crippen LogP contribution in [0.4, 0.5) is 11.4 Å². The molecule has 0 spiro atoms. The van der Waals surface area contributed by atoms with Gasteiger partial charge in [-0.1, -0.05) is 0 Å².